The first-order valence-corrected chi connectivity index (χ1v) is 8.44. The molecule has 1 N–H and O–H groups in total. The zero-order valence-corrected chi connectivity index (χ0v) is 14.5. The molecule has 2 aromatic carbocycles. The van der Waals surface area contributed by atoms with E-state index in [0.29, 0.717) is 22.8 Å². The van der Waals surface area contributed by atoms with Crippen LogP contribution in [0.5, 0.6) is 0 Å². The van der Waals surface area contributed by atoms with Crippen LogP contribution in [0, 0.1) is 0 Å². The number of benzene rings is 2. The maximum absolute atomic E-state index is 12.5. The molecular weight excluding hydrogens is 338 g/mol. The standard InChI is InChI=1S/C19H18ClN3O2/c1-13(14-6-5-7-15(20)12-14)21-19(25)17-10-11-18(24)23(22-17)16-8-3-2-4-9-16/h2-9,12-13H,10-11H2,1H3,(H,21,25). The van der Waals surface area contributed by atoms with Gasteiger partial charge in [-0.25, -0.2) is 5.01 Å². The summed E-state index contributed by atoms with van der Waals surface area (Å²) >= 11 is 6.00. The van der Waals surface area contributed by atoms with E-state index in [-0.39, 0.29) is 24.3 Å². The Morgan fingerprint density at radius 3 is 2.64 bits per heavy atom. The van der Waals surface area contributed by atoms with E-state index < -0.39 is 0 Å². The second-order valence-corrected chi connectivity index (χ2v) is 6.27. The highest BCUT2D eigenvalue weighted by atomic mass is 35.5. The van der Waals surface area contributed by atoms with Crippen LogP contribution in [0.2, 0.25) is 5.02 Å². The Balaban J connectivity index is 1.76. The molecule has 1 unspecified atom stereocenters. The van der Waals surface area contributed by atoms with E-state index >= 15 is 0 Å². The minimum absolute atomic E-state index is 0.120. The molecule has 2 amide bonds. The number of carbonyl (C=O) groups excluding carboxylic acids is 2. The van der Waals surface area contributed by atoms with Gasteiger partial charge in [0, 0.05) is 17.9 Å². The maximum Gasteiger partial charge on any atom is 0.267 e. The van der Waals surface area contributed by atoms with Gasteiger partial charge in [0.15, 0.2) is 0 Å². The van der Waals surface area contributed by atoms with E-state index in [2.05, 4.69) is 10.4 Å². The number of anilines is 1. The summed E-state index contributed by atoms with van der Waals surface area (Å²) in [6.07, 6.45) is 0.586. The number of rotatable bonds is 4. The van der Waals surface area contributed by atoms with E-state index in [1.807, 2.05) is 43.3 Å². The largest absolute Gasteiger partial charge is 0.344 e. The Morgan fingerprint density at radius 2 is 1.92 bits per heavy atom. The number of amides is 2. The molecule has 3 rings (SSSR count). The van der Waals surface area contributed by atoms with E-state index in [1.54, 1.807) is 18.2 Å². The van der Waals surface area contributed by atoms with Crippen LogP contribution in [0.3, 0.4) is 0 Å². The fourth-order valence-corrected chi connectivity index (χ4v) is 2.83. The van der Waals surface area contributed by atoms with Gasteiger partial charge in [-0.1, -0.05) is 41.9 Å². The van der Waals surface area contributed by atoms with Crippen molar-refractivity contribution in [3.63, 3.8) is 0 Å². The number of hydrogen-bond acceptors (Lipinski definition) is 3. The summed E-state index contributed by atoms with van der Waals surface area (Å²) in [4.78, 5) is 24.7. The smallest absolute Gasteiger partial charge is 0.267 e. The fourth-order valence-electron chi connectivity index (χ4n) is 2.63. The van der Waals surface area contributed by atoms with Crippen LogP contribution in [0.4, 0.5) is 5.69 Å². The molecule has 0 saturated carbocycles. The van der Waals surface area contributed by atoms with Crippen molar-refractivity contribution in [3.05, 3.63) is 65.2 Å². The lowest BCUT2D eigenvalue weighted by atomic mass is 10.1. The van der Waals surface area contributed by atoms with Gasteiger partial charge in [-0.3, -0.25) is 9.59 Å². The summed E-state index contributed by atoms with van der Waals surface area (Å²) in [5.41, 5.74) is 1.91. The van der Waals surface area contributed by atoms with Gasteiger partial charge < -0.3 is 5.32 Å². The van der Waals surface area contributed by atoms with Crippen molar-refractivity contribution in [2.75, 3.05) is 5.01 Å². The van der Waals surface area contributed by atoms with E-state index in [0.717, 1.165) is 5.56 Å². The third-order valence-corrected chi connectivity index (χ3v) is 4.23. The first-order chi connectivity index (χ1) is 12.0. The van der Waals surface area contributed by atoms with Crippen LogP contribution in [0.15, 0.2) is 59.7 Å². The van der Waals surface area contributed by atoms with Crippen molar-refractivity contribution in [2.24, 2.45) is 5.10 Å². The summed E-state index contributed by atoms with van der Waals surface area (Å²) in [5.74, 6) is -0.397. The number of carbonyl (C=O) groups is 2. The van der Waals surface area contributed by atoms with Crippen molar-refractivity contribution < 1.29 is 9.59 Å². The number of hydrazone groups is 1. The summed E-state index contributed by atoms with van der Waals surface area (Å²) in [7, 11) is 0. The lowest BCUT2D eigenvalue weighted by molar-refractivity contribution is -0.119. The molecule has 1 heterocycles. The fraction of sp³-hybridized carbons (Fsp3) is 0.211. The van der Waals surface area contributed by atoms with Gasteiger partial charge in [0.25, 0.3) is 5.91 Å². The highest BCUT2D eigenvalue weighted by molar-refractivity contribution is 6.40. The molecule has 6 heteroatoms. The van der Waals surface area contributed by atoms with Gasteiger partial charge in [0.1, 0.15) is 5.71 Å². The summed E-state index contributed by atoms with van der Waals surface area (Å²) < 4.78 is 0. The molecule has 5 nitrogen and oxygen atoms in total. The number of hydrogen-bond donors (Lipinski definition) is 1. The van der Waals surface area contributed by atoms with Crippen LogP contribution in [0.25, 0.3) is 0 Å². The minimum Gasteiger partial charge on any atom is -0.344 e. The number of nitrogens with one attached hydrogen (secondary N) is 1. The van der Waals surface area contributed by atoms with E-state index in [1.165, 1.54) is 5.01 Å². The molecular formula is C19H18ClN3O2. The molecule has 128 valence electrons. The highest BCUT2D eigenvalue weighted by Gasteiger charge is 2.26. The highest BCUT2D eigenvalue weighted by Crippen LogP contribution is 2.21. The Bertz CT molecular complexity index is 820. The van der Waals surface area contributed by atoms with Gasteiger partial charge in [0.2, 0.25) is 5.91 Å². The quantitative estimate of drug-likeness (QED) is 0.908. The molecule has 0 aliphatic carbocycles. The normalized spacial score (nSPS) is 15.5. The molecule has 0 fully saturated rings. The zero-order valence-electron chi connectivity index (χ0n) is 13.8. The van der Waals surface area contributed by atoms with E-state index in [4.69, 9.17) is 11.6 Å². The number of halogens is 1. The molecule has 0 spiro atoms. The average molecular weight is 356 g/mol. The summed E-state index contributed by atoms with van der Waals surface area (Å²) in [6, 6.07) is 16.2. The molecule has 25 heavy (non-hydrogen) atoms. The molecule has 1 aliphatic rings. The topological polar surface area (TPSA) is 61.8 Å². The van der Waals surface area contributed by atoms with E-state index in [9.17, 15) is 9.59 Å². The van der Waals surface area contributed by atoms with Crippen LogP contribution >= 0.6 is 11.6 Å². The third kappa shape index (κ3) is 4.06. The lowest BCUT2D eigenvalue weighted by Crippen LogP contribution is -2.39. The SMILES string of the molecule is CC(NC(=O)C1=NN(c2ccccc2)C(=O)CC1)c1cccc(Cl)c1. The molecule has 0 saturated heterocycles. The maximum atomic E-state index is 12.5. The summed E-state index contributed by atoms with van der Waals surface area (Å²) in [5, 5.41) is 9.09. The van der Waals surface area contributed by atoms with Crippen molar-refractivity contribution in [1.82, 2.24) is 5.32 Å². The molecule has 2 aromatic rings. The van der Waals surface area contributed by atoms with Crippen LogP contribution in [-0.4, -0.2) is 17.5 Å². The van der Waals surface area contributed by atoms with Gasteiger partial charge in [-0.15, -0.1) is 0 Å². The first-order valence-electron chi connectivity index (χ1n) is 8.06. The Morgan fingerprint density at radius 1 is 1.16 bits per heavy atom. The predicted octanol–water partition coefficient (Wildman–Crippen LogP) is 3.70. The zero-order chi connectivity index (χ0) is 17.8. The monoisotopic (exact) mass is 355 g/mol. The Hall–Kier alpha value is -2.66. The Labute approximate surface area is 151 Å². The third-order valence-electron chi connectivity index (χ3n) is 3.99. The number of nitrogens with zero attached hydrogens (tertiary/aromatic N) is 2. The predicted molar refractivity (Wildman–Crippen MR) is 98.6 cm³/mol. The first kappa shape index (κ1) is 17.2. The molecule has 1 atom stereocenters. The summed E-state index contributed by atoms with van der Waals surface area (Å²) in [6.45, 7) is 1.88. The second-order valence-electron chi connectivity index (χ2n) is 5.84. The molecule has 0 bridgehead atoms. The Kier molecular flexibility index (Phi) is 5.14. The van der Waals surface area contributed by atoms with Gasteiger partial charge in [-0.2, -0.15) is 5.10 Å². The molecule has 0 radical (unpaired) electrons. The van der Waals surface area contributed by atoms with Crippen LogP contribution in [0.1, 0.15) is 31.4 Å². The average Bonchev–Trinajstić information content (AvgIpc) is 2.62. The molecule has 0 aromatic heterocycles. The molecule has 1 aliphatic heterocycles. The van der Waals surface area contributed by atoms with Crippen molar-refractivity contribution >= 4 is 34.8 Å². The van der Waals surface area contributed by atoms with Crippen molar-refractivity contribution in [1.29, 1.82) is 0 Å². The van der Waals surface area contributed by atoms with Crippen LogP contribution in [-0.2, 0) is 9.59 Å². The minimum atomic E-state index is -0.277. The van der Waals surface area contributed by atoms with Crippen molar-refractivity contribution in [2.45, 2.75) is 25.8 Å². The lowest BCUT2D eigenvalue weighted by Gasteiger charge is -2.24. The van der Waals surface area contributed by atoms with Crippen LogP contribution < -0.4 is 10.3 Å². The second kappa shape index (κ2) is 7.49. The number of para-hydroxylation sites is 1. The van der Waals surface area contributed by atoms with Crippen molar-refractivity contribution in [3.8, 4) is 0 Å². The van der Waals surface area contributed by atoms with Gasteiger partial charge in [-0.05, 0) is 36.8 Å². The van der Waals surface area contributed by atoms with Gasteiger partial charge in [0.05, 0.1) is 11.7 Å². The van der Waals surface area contributed by atoms with Gasteiger partial charge >= 0.3 is 0 Å².